The van der Waals surface area contributed by atoms with Gasteiger partial charge < -0.3 is 20.3 Å². The Balaban J connectivity index is 1.39. The lowest BCUT2D eigenvalue weighted by atomic mass is 10.0. The predicted molar refractivity (Wildman–Crippen MR) is 173 cm³/mol. The maximum Gasteiger partial charge on any atom is 0.408 e. The summed E-state index contributed by atoms with van der Waals surface area (Å²) in [7, 11) is -4.36. The highest BCUT2D eigenvalue weighted by Gasteiger charge is 2.61. The lowest BCUT2D eigenvalue weighted by Crippen LogP contribution is -2.58. The molecule has 0 bridgehead atoms. The molecule has 4 amide bonds. The molecule has 0 radical (unpaired) electrons. The standard InChI is InChI=1S/C33H41ClN4O7S/c1-32(2,3)45-31(42)35-25-16-8-6-4-5-7-12-21-20-33(21,36-28(39)26-17-11-19-38(26)29(25)40)30(41)37-46(43,44)27-18-10-13-22-23(27)14-9-15-24(22)34/h7,9-10,12-15,18,21,25-26H,4-6,8,11,16-17,19-20H2,1-3H3,(H,35,42)(H,36,39)(H,37,41)/b12-7-/t21-,25-,26-,33+/m0/s1. The first-order valence-electron chi connectivity index (χ1n) is 15.7. The number of alkyl carbamates (subject to hydrolysis) is 1. The molecule has 5 rings (SSSR count). The zero-order valence-electron chi connectivity index (χ0n) is 26.3. The van der Waals surface area contributed by atoms with E-state index in [-0.39, 0.29) is 17.2 Å². The third kappa shape index (κ3) is 7.33. The van der Waals surface area contributed by atoms with Crippen molar-refractivity contribution in [3.05, 3.63) is 53.6 Å². The molecule has 1 saturated carbocycles. The normalized spacial score (nSPS) is 26.5. The Bertz CT molecular complexity index is 1670. The molecule has 0 aromatic heterocycles. The monoisotopic (exact) mass is 672 g/mol. The van der Waals surface area contributed by atoms with Crippen LogP contribution >= 0.6 is 11.6 Å². The van der Waals surface area contributed by atoms with Crippen molar-refractivity contribution in [3.63, 3.8) is 0 Å². The molecule has 0 unspecified atom stereocenters. The first-order chi connectivity index (χ1) is 21.7. The predicted octanol–water partition coefficient (Wildman–Crippen LogP) is 4.58. The van der Waals surface area contributed by atoms with Crippen molar-refractivity contribution in [1.82, 2.24) is 20.3 Å². The maximum absolute atomic E-state index is 13.8. The minimum atomic E-state index is -4.36. The number of carbonyl (C=O) groups is 4. The fourth-order valence-corrected chi connectivity index (χ4v) is 7.79. The molecule has 2 fully saturated rings. The molecule has 46 heavy (non-hydrogen) atoms. The minimum absolute atomic E-state index is 0.107. The number of carbonyl (C=O) groups excluding carboxylic acids is 4. The number of benzene rings is 2. The Kier molecular flexibility index (Phi) is 9.70. The molecule has 3 aliphatic rings. The van der Waals surface area contributed by atoms with Crippen LogP contribution in [0.5, 0.6) is 0 Å². The number of halogens is 1. The van der Waals surface area contributed by atoms with Crippen LogP contribution in [0.4, 0.5) is 4.79 Å². The zero-order chi connectivity index (χ0) is 33.3. The average Bonchev–Trinajstić information content (AvgIpc) is 3.44. The molecule has 1 aliphatic carbocycles. The van der Waals surface area contributed by atoms with Crippen molar-refractivity contribution >= 4 is 56.2 Å². The molecule has 13 heteroatoms. The molecular formula is C33H41ClN4O7S. The summed E-state index contributed by atoms with van der Waals surface area (Å²) in [6.07, 6.45) is 7.60. The molecular weight excluding hydrogens is 632 g/mol. The number of amides is 4. The number of nitrogens with zero attached hydrogens (tertiary/aromatic N) is 1. The Morgan fingerprint density at radius 1 is 1.02 bits per heavy atom. The highest BCUT2D eigenvalue weighted by molar-refractivity contribution is 7.90. The first kappa shape index (κ1) is 33.7. The number of fused-ring (bicyclic) bond motifs is 3. The Hall–Kier alpha value is -3.64. The molecule has 2 aromatic rings. The summed E-state index contributed by atoms with van der Waals surface area (Å²) in [5.74, 6) is -2.21. The maximum atomic E-state index is 13.8. The molecule has 2 aromatic carbocycles. The number of hydrogen-bond donors (Lipinski definition) is 3. The highest BCUT2D eigenvalue weighted by Crippen LogP contribution is 2.46. The van der Waals surface area contributed by atoms with Gasteiger partial charge in [0.2, 0.25) is 11.8 Å². The van der Waals surface area contributed by atoms with Gasteiger partial charge in [-0.05, 0) is 71.4 Å². The number of hydrogen-bond acceptors (Lipinski definition) is 7. The average molecular weight is 673 g/mol. The SMILES string of the molecule is CC(C)(C)OC(=O)N[C@H]1CCCCC/C=C\[C@H]2C[C@@]2(C(=O)NS(=O)(=O)c2cccc3c(Cl)cccc23)NC(=O)[C@@H]2CCCN2C1=O. The van der Waals surface area contributed by atoms with Gasteiger partial charge in [0.05, 0.1) is 4.90 Å². The molecule has 2 heterocycles. The lowest BCUT2D eigenvalue weighted by Gasteiger charge is -2.30. The Morgan fingerprint density at radius 2 is 1.76 bits per heavy atom. The van der Waals surface area contributed by atoms with Gasteiger partial charge in [-0.2, -0.15) is 0 Å². The van der Waals surface area contributed by atoms with Gasteiger partial charge in [0.1, 0.15) is 23.2 Å². The van der Waals surface area contributed by atoms with E-state index in [1.54, 1.807) is 51.1 Å². The van der Waals surface area contributed by atoms with Crippen molar-refractivity contribution in [2.24, 2.45) is 5.92 Å². The van der Waals surface area contributed by atoms with Gasteiger partial charge in [0.15, 0.2) is 0 Å². The van der Waals surface area contributed by atoms with E-state index >= 15 is 0 Å². The fourth-order valence-electron chi connectivity index (χ4n) is 6.29. The highest BCUT2D eigenvalue weighted by atomic mass is 35.5. The third-order valence-electron chi connectivity index (χ3n) is 8.67. The fraction of sp³-hybridized carbons (Fsp3) is 0.515. The van der Waals surface area contributed by atoms with Crippen molar-refractivity contribution in [3.8, 4) is 0 Å². The Morgan fingerprint density at radius 3 is 2.52 bits per heavy atom. The van der Waals surface area contributed by atoms with Crippen LogP contribution in [0.15, 0.2) is 53.4 Å². The smallest absolute Gasteiger partial charge is 0.408 e. The van der Waals surface area contributed by atoms with Crippen LogP contribution in [0, 0.1) is 5.92 Å². The first-order valence-corrected chi connectivity index (χ1v) is 17.6. The van der Waals surface area contributed by atoms with E-state index in [9.17, 15) is 27.6 Å². The summed E-state index contributed by atoms with van der Waals surface area (Å²) in [5.41, 5.74) is -2.26. The second-order valence-corrected chi connectivity index (χ2v) is 15.3. The lowest BCUT2D eigenvalue weighted by molar-refractivity contribution is -0.141. The van der Waals surface area contributed by atoms with Gasteiger partial charge in [-0.1, -0.05) is 60.9 Å². The van der Waals surface area contributed by atoms with Crippen LogP contribution in [-0.2, 0) is 29.1 Å². The van der Waals surface area contributed by atoms with Crippen LogP contribution in [0.2, 0.25) is 5.02 Å². The van der Waals surface area contributed by atoms with E-state index in [1.807, 2.05) is 12.2 Å². The van der Waals surface area contributed by atoms with Crippen molar-refractivity contribution in [2.45, 2.75) is 100 Å². The summed E-state index contributed by atoms with van der Waals surface area (Å²) in [6, 6.07) is 7.78. The van der Waals surface area contributed by atoms with E-state index in [2.05, 4.69) is 15.4 Å². The Labute approximate surface area is 274 Å². The van der Waals surface area contributed by atoms with Crippen molar-refractivity contribution in [1.29, 1.82) is 0 Å². The van der Waals surface area contributed by atoms with E-state index < -0.39 is 57.1 Å². The summed E-state index contributed by atoms with van der Waals surface area (Å²) in [4.78, 5) is 55.4. The van der Waals surface area contributed by atoms with Crippen LogP contribution in [0.3, 0.4) is 0 Å². The van der Waals surface area contributed by atoms with Gasteiger partial charge in [-0.15, -0.1) is 0 Å². The largest absolute Gasteiger partial charge is 0.444 e. The van der Waals surface area contributed by atoms with Crippen LogP contribution in [0.1, 0.15) is 72.1 Å². The zero-order valence-corrected chi connectivity index (χ0v) is 27.9. The van der Waals surface area contributed by atoms with Gasteiger partial charge in [-0.25, -0.2) is 17.9 Å². The molecule has 2 aliphatic heterocycles. The number of sulfonamides is 1. The van der Waals surface area contributed by atoms with Crippen LogP contribution < -0.4 is 15.4 Å². The number of nitrogens with one attached hydrogen (secondary N) is 3. The molecule has 0 spiro atoms. The third-order valence-corrected chi connectivity index (χ3v) is 10.4. The summed E-state index contributed by atoms with van der Waals surface area (Å²) in [5, 5.41) is 6.81. The number of ether oxygens (including phenoxy) is 1. The summed E-state index contributed by atoms with van der Waals surface area (Å²) >= 11 is 6.29. The topological polar surface area (TPSA) is 151 Å². The quantitative estimate of drug-likeness (QED) is 0.403. The molecule has 1 saturated heterocycles. The second-order valence-electron chi connectivity index (χ2n) is 13.3. The summed E-state index contributed by atoms with van der Waals surface area (Å²) in [6.45, 7) is 5.52. The van der Waals surface area contributed by atoms with Gasteiger partial charge in [-0.3, -0.25) is 14.4 Å². The van der Waals surface area contributed by atoms with Gasteiger partial charge >= 0.3 is 6.09 Å². The molecule has 4 atom stereocenters. The molecule has 3 N–H and O–H groups in total. The second kappa shape index (κ2) is 13.2. The van der Waals surface area contributed by atoms with E-state index in [0.29, 0.717) is 54.4 Å². The molecule has 11 nitrogen and oxygen atoms in total. The molecule has 248 valence electrons. The van der Waals surface area contributed by atoms with Crippen molar-refractivity contribution in [2.75, 3.05) is 6.54 Å². The van der Waals surface area contributed by atoms with Crippen LogP contribution in [-0.4, -0.2) is 66.9 Å². The van der Waals surface area contributed by atoms with Gasteiger partial charge in [0, 0.05) is 28.3 Å². The summed E-state index contributed by atoms with van der Waals surface area (Å²) < 4.78 is 34.8. The number of rotatable bonds is 4. The van der Waals surface area contributed by atoms with Crippen LogP contribution in [0.25, 0.3) is 10.8 Å². The van der Waals surface area contributed by atoms with E-state index in [1.165, 1.54) is 11.0 Å². The van der Waals surface area contributed by atoms with E-state index in [4.69, 9.17) is 16.3 Å². The van der Waals surface area contributed by atoms with Gasteiger partial charge in [0.25, 0.3) is 15.9 Å². The number of allylic oxidation sites excluding steroid dienone is 1. The minimum Gasteiger partial charge on any atom is -0.444 e. The van der Waals surface area contributed by atoms with E-state index in [0.717, 1.165) is 12.8 Å². The van der Waals surface area contributed by atoms with Crippen molar-refractivity contribution < 1.29 is 32.3 Å².